The second-order valence-corrected chi connectivity index (χ2v) is 6.28. The molecule has 1 unspecified atom stereocenters. The highest BCUT2D eigenvalue weighted by Crippen LogP contribution is 2.20. The first-order chi connectivity index (χ1) is 10.2. The molecule has 0 fully saturated rings. The summed E-state index contributed by atoms with van der Waals surface area (Å²) in [5.74, 6) is -1.22. The molecule has 0 aliphatic heterocycles. The number of carbonyl (C=O) groups excluding carboxylic acids is 1. The van der Waals surface area contributed by atoms with Gasteiger partial charge >= 0.3 is 6.03 Å². The Balaban J connectivity index is 2.35. The molecule has 0 radical (unpaired) electrons. The van der Waals surface area contributed by atoms with Gasteiger partial charge in [0.2, 0.25) is 0 Å². The first-order valence-electron chi connectivity index (χ1n) is 7.34. The lowest BCUT2D eigenvalue weighted by molar-refractivity contribution is 0.129. The van der Waals surface area contributed by atoms with Crippen LogP contribution >= 0.6 is 0 Å². The third kappa shape index (κ3) is 6.39. The highest BCUT2D eigenvalue weighted by molar-refractivity contribution is 5.73. The van der Waals surface area contributed by atoms with E-state index in [4.69, 9.17) is 0 Å². The summed E-state index contributed by atoms with van der Waals surface area (Å²) >= 11 is 0. The number of urea groups is 1. The second-order valence-electron chi connectivity index (χ2n) is 6.28. The van der Waals surface area contributed by atoms with Gasteiger partial charge in [-0.25, -0.2) is 13.6 Å². The smallest absolute Gasteiger partial charge is 0.314 e. The van der Waals surface area contributed by atoms with Gasteiger partial charge < -0.3 is 15.7 Å². The highest BCUT2D eigenvalue weighted by atomic mass is 19.1. The van der Waals surface area contributed by atoms with Crippen LogP contribution in [0.5, 0.6) is 0 Å². The molecule has 6 heteroatoms. The van der Waals surface area contributed by atoms with Crippen molar-refractivity contribution >= 4 is 6.03 Å². The van der Waals surface area contributed by atoms with Crippen LogP contribution in [0.1, 0.15) is 32.8 Å². The normalized spacial score (nSPS) is 12.8. The molecule has 0 saturated heterocycles. The third-order valence-electron chi connectivity index (χ3n) is 3.30. The predicted molar refractivity (Wildman–Crippen MR) is 81.5 cm³/mol. The minimum atomic E-state index is -0.611. The molecular weight excluding hydrogens is 290 g/mol. The molecule has 0 spiro atoms. The molecular formula is C16H24F2N2O2. The Morgan fingerprint density at radius 2 is 1.86 bits per heavy atom. The lowest BCUT2D eigenvalue weighted by Crippen LogP contribution is -2.42. The molecule has 0 aromatic heterocycles. The van der Waals surface area contributed by atoms with Gasteiger partial charge in [0.05, 0.1) is 6.10 Å². The van der Waals surface area contributed by atoms with Crippen LogP contribution in [0.2, 0.25) is 0 Å². The number of rotatable bonds is 7. The zero-order valence-corrected chi connectivity index (χ0v) is 13.2. The molecule has 4 nitrogen and oxygen atoms in total. The number of nitrogens with one attached hydrogen (secondary N) is 2. The summed E-state index contributed by atoms with van der Waals surface area (Å²) in [6.07, 6.45) is 0.209. The molecule has 3 N–H and O–H groups in total. The molecule has 124 valence electrons. The zero-order chi connectivity index (χ0) is 16.8. The standard InChI is InChI=1S/C16H24F2N2O2/c1-11(21)9-16(2,3)10-20-15(22)19-8-7-12-13(17)5-4-6-14(12)18/h4-6,11,21H,7-10H2,1-3H3,(H2,19,20,22). The van der Waals surface area contributed by atoms with Crippen molar-refractivity contribution in [3.05, 3.63) is 35.4 Å². The monoisotopic (exact) mass is 314 g/mol. The Labute approximate surface area is 129 Å². The van der Waals surface area contributed by atoms with E-state index in [0.717, 1.165) is 0 Å². The van der Waals surface area contributed by atoms with Crippen LogP contribution < -0.4 is 10.6 Å². The third-order valence-corrected chi connectivity index (χ3v) is 3.30. The van der Waals surface area contributed by atoms with Crippen molar-refractivity contribution in [3.8, 4) is 0 Å². The number of hydrogen-bond acceptors (Lipinski definition) is 2. The summed E-state index contributed by atoms with van der Waals surface area (Å²) in [4.78, 5) is 11.7. The minimum absolute atomic E-state index is 0.0303. The maximum absolute atomic E-state index is 13.4. The molecule has 22 heavy (non-hydrogen) atoms. The fraction of sp³-hybridized carbons (Fsp3) is 0.562. The summed E-state index contributed by atoms with van der Waals surface area (Å²) in [5, 5.41) is 14.6. The van der Waals surface area contributed by atoms with E-state index >= 15 is 0 Å². The van der Waals surface area contributed by atoms with Gasteiger partial charge in [-0.3, -0.25) is 0 Å². The number of amides is 2. The number of benzene rings is 1. The Morgan fingerprint density at radius 3 is 2.41 bits per heavy atom. The number of hydrogen-bond donors (Lipinski definition) is 3. The van der Waals surface area contributed by atoms with Gasteiger partial charge in [0, 0.05) is 18.7 Å². The quantitative estimate of drug-likeness (QED) is 0.724. The van der Waals surface area contributed by atoms with Crippen LogP contribution in [0, 0.1) is 17.0 Å². The van der Waals surface area contributed by atoms with Crippen LogP contribution in [-0.4, -0.2) is 30.3 Å². The van der Waals surface area contributed by atoms with E-state index in [0.29, 0.717) is 13.0 Å². The molecule has 2 amide bonds. The van der Waals surface area contributed by atoms with E-state index in [1.165, 1.54) is 18.2 Å². The maximum atomic E-state index is 13.4. The largest absolute Gasteiger partial charge is 0.393 e. The maximum Gasteiger partial charge on any atom is 0.314 e. The minimum Gasteiger partial charge on any atom is -0.393 e. The van der Waals surface area contributed by atoms with E-state index in [1.807, 2.05) is 13.8 Å². The summed E-state index contributed by atoms with van der Waals surface area (Å²) in [5.41, 5.74) is -0.263. The van der Waals surface area contributed by atoms with Crippen molar-refractivity contribution in [2.24, 2.45) is 5.41 Å². The van der Waals surface area contributed by atoms with Crippen molar-refractivity contribution in [2.75, 3.05) is 13.1 Å². The van der Waals surface area contributed by atoms with Gasteiger partial charge in [0.25, 0.3) is 0 Å². The van der Waals surface area contributed by atoms with Crippen LogP contribution in [0.15, 0.2) is 18.2 Å². The lowest BCUT2D eigenvalue weighted by atomic mass is 9.87. The fourth-order valence-corrected chi connectivity index (χ4v) is 2.33. The number of carbonyl (C=O) groups is 1. The van der Waals surface area contributed by atoms with Crippen LogP contribution in [0.4, 0.5) is 13.6 Å². The molecule has 0 heterocycles. The molecule has 1 aromatic carbocycles. The Morgan fingerprint density at radius 1 is 1.27 bits per heavy atom. The summed E-state index contributed by atoms with van der Waals surface area (Å²) in [6.45, 7) is 6.12. The second kappa shape index (κ2) is 8.08. The molecule has 0 aliphatic rings. The number of aliphatic hydroxyl groups is 1. The van der Waals surface area contributed by atoms with Gasteiger partial charge in [-0.1, -0.05) is 19.9 Å². The van der Waals surface area contributed by atoms with Crippen molar-refractivity contribution in [2.45, 2.75) is 39.7 Å². The molecule has 0 saturated carbocycles. The fourth-order valence-electron chi connectivity index (χ4n) is 2.33. The number of halogens is 2. The van der Waals surface area contributed by atoms with Gasteiger partial charge in [0.15, 0.2) is 0 Å². The van der Waals surface area contributed by atoms with Crippen LogP contribution in [0.25, 0.3) is 0 Å². The van der Waals surface area contributed by atoms with E-state index < -0.39 is 23.8 Å². The topological polar surface area (TPSA) is 61.4 Å². The summed E-state index contributed by atoms with van der Waals surface area (Å²) in [6, 6.07) is 3.29. The van der Waals surface area contributed by atoms with E-state index in [9.17, 15) is 18.7 Å². The van der Waals surface area contributed by atoms with Gasteiger partial charge in [0.1, 0.15) is 11.6 Å². The van der Waals surface area contributed by atoms with Gasteiger partial charge in [-0.15, -0.1) is 0 Å². The molecule has 0 bridgehead atoms. The average molecular weight is 314 g/mol. The highest BCUT2D eigenvalue weighted by Gasteiger charge is 2.21. The van der Waals surface area contributed by atoms with Crippen molar-refractivity contribution < 1.29 is 18.7 Å². The van der Waals surface area contributed by atoms with Crippen molar-refractivity contribution in [3.63, 3.8) is 0 Å². The molecule has 0 aliphatic carbocycles. The van der Waals surface area contributed by atoms with Gasteiger partial charge in [-0.05, 0) is 37.3 Å². The van der Waals surface area contributed by atoms with Crippen LogP contribution in [-0.2, 0) is 6.42 Å². The van der Waals surface area contributed by atoms with Crippen molar-refractivity contribution in [1.82, 2.24) is 10.6 Å². The number of aliphatic hydroxyl groups excluding tert-OH is 1. The summed E-state index contributed by atoms with van der Waals surface area (Å²) < 4.78 is 26.8. The lowest BCUT2D eigenvalue weighted by Gasteiger charge is -2.26. The Bertz CT molecular complexity index is 485. The van der Waals surface area contributed by atoms with E-state index in [1.54, 1.807) is 6.92 Å². The predicted octanol–water partition coefficient (Wildman–Crippen LogP) is 2.60. The molecule has 1 atom stereocenters. The van der Waals surface area contributed by atoms with E-state index in [-0.39, 0.29) is 23.9 Å². The summed E-state index contributed by atoms with van der Waals surface area (Å²) in [7, 11) is 0. The Kier molecular flexibility index (Phi) is 6.74. The zero-order valence-electron chi connectivity index (χ0n) is 13.2. The van der Waals surface area contributed by atoms with Gasteiger partial charge in [-0.2, -0.15) is 0 Å². The first kappa shape index (κ1) is 18.4. The average Bonchev–Trinajstić information content (AvgIpc) is 2.38. The first-order valence-corrected chi connectivity index (χ1v) is 7.34. The van der Waals surface area contributed by atoms with Crippen LogP contribution in [0.3, 0.4) is 0 Å². The molecule has 1 rings (SSSR count). The SMILES string of the molecule is CC(O)CC(C)(C)CNC(=O)NCCc1c(F)cccc1F. The Hall–Kier alpha value is -1.69. The van der Waals surface area contributed by atoms with Crippen molar-refractivity contribution in [1.29, 1.82) is 0 Å². The van der Waals surface area contributed by atoms with E-state index in [2.05, 4.69) is 10.6 Å². The molecule has 1 aromatic rings.